The molecule has 108 valence electrons. The number of para-hydroxylation sites is 1. The van der Waals surface area contributed by atoms with E-state index in [-0.39, 0.29) is 6.54 Å². The number of rotatable bonds is 3. The quantitative estimate of drug-likeness (QED) is 0.743. The van der Waals surface area contributed by atoms with Crippen molar-refractivity contribution in [2.24, 2.45) is 0 Å². The summed E-state index contributed by atoms with van der Waals surface area (Å²) in [5.41, 5.74) is 0.626. The van der Waals surface area contributed by atoms with Gasteiger partial charge >= 0.3 is 6.18 Å². The monoisotopic (exact) mass is 292 g/mol. The van der Waals surface area contributed by atoms with Crippen molar-refractivity contribution >= 4 is 0 Å². The van der Waals surface area contributed by atoms with Crippen LogP contribution in [-0.4, -0.2) is 19.6 Å². The standard InChI is InChI=1S/C14H11F3N4/c15-14(16,17)13-7-8-20(19-13)10-11-6-9-21(18-11)12-4-2-1-3-5-12/h1-9H,10H2. The summed E-state index contributed by atoms with van der Waals surface area (Å²) in [6.45, 7) is 0.190. The molecule has 4 nitrogen and oxygen atoms in total. The Hall–Kier alpha value is -2.57. The van der Waals surface area contributed by atoms with Gasteiger partial charge in [-0.1, -0.05) is 18.2 Å². The first-order valence-corrected chi connectivity index (χ1v) is 6.23. The lowest BCUT2D eigenvalue weighted by atomic mass is 10.3. The van der Waals surface area contributed by atoms with Gasteiger partial charge in [0.2, 0.25) is 0 Å². The van der Waals surface area contributed by atoms with E-state index in [4.69, 9.17) is 0 Å². The van der Waals surface area contributed by atoms with Gasteiger partial charge in [-0.05, 0) is 24.3 Å². The van der Waals surface area contributed by atoms with Gasteiger partial charge in [0.25, 0.3) is 0 Å². The van der Waals surface area contributed by atoms with Crippen molar-refractivity contribution in [3.63, 3.8) is 0 Å². The van der Waals surface area contributed by atoms with Crippen molar-refractivity contribution in [3.8, 4) is 5.69 Å². The Labute approximate surface area is 118 Å². The molecule has 0 amide bonds. The number of halogens is 3. The van der Waals surface area contributed by atoms with Gasteiger partial charge < -0.3 is 0 Å². The zero-order chi connectivity index (χ0) is 14.9. The van der Waals surface area contributed by atoms with Crippen molar-refractivity contribution < 1.29 is 13.2 Å². The molecule has 3 rings (SSSR count). The molecule has 0 atom stereocenters. The first kappa shape index (κ1) is 13.4. The van der Waals surface area contributed by atoms with Crippen LogP contribution in [-0.2, 0) is 12.7 Å². The molecule has 0 bridgehead atoms. The van der Waals surface area contributed by atoms with Crippen LogP contribution in [0.25, 0.3) is 5.69 Å². The molecular formula is C14H11F3N4. The summed E-state index contributed by atoms with van der Waals surface area (Å²) < 4.78 is 40.3. The third-order valence-electron chi connectivity index (χ3n) is 2.92. The van der Waals surface area contributed by atoms with Crippen LogP contribution in [0.4, 0.5) is 13.2 Å². The minimum absolute atomic E-state index is 0.190. The van der Waals surface area contributed by atoms with Crippen molar-refractivity contribution in [1.29, 1.82) is 0 Å². The summed E-state index contributed by atoms with van der Waals surface area (Å²) in [5, 5.41) is 7.82. The van der Waals surface area contributed by atoms with Gasteiger partial charge in [0, 0.05) is 12.4 Å². The van der Waals surface area contributed by atoms with Gasteiger partial charge in [0.15, 0.2) is 5.69 Å². The van der Waals surface area contributed by atoms with Gasteiger partial charge in [-0.25, -0.2) is 4.68 Å². The number of alkyl halides is 3. The summed E-state index contributed by atoms with van der Waals surface area (Å²) in [6, 6.07) is 12.2. The second-order valence-corrected chi connectivity index (χ2v) is 4.48. The molecule has 0 spiro atoms. The van der Waals surface area contributed by atoms with Crippen LogP contribution in [0.3, 0.4) is 0 Å². The maximum atomic E-state index is 12.5. The van der Waals surface area contributed by atoms with Crippen LogP contribution in [0, 0.1) is 0 Å². The molecule has 2 heterocycles. The first-order valence-electron chi connectivity index (χ1n) is 6.23. The third kappa shape index (κ3) is 2.96. The Bertz CT molecular complexity index is 728. The fourth-order valence-corrected chi connectivity index (χ4v) is 1.94. The summed E-state index contributed by atoms with van der Waals surface area (Å²) in [4.78, 5) is 0. The molecule has 0 aliphatic heterocycles. The highest BCUT2D eigenvalue weighted by atomic mass is 19.4. The van der Waals surface area contributed by atoms with E-state index in [1.807, 2.05) is 30.3 Å². The summed E-state index contributed by atoms with van der Waals surface area (Å²) in [5.74, 6) is 0. The minimum atomic E-state index is -4.42. The third-order valence-corrected chi connectivity index (χ3v) is 2.92. The van der Waals surface area contributed by atoms with E-state index in [0.29, 0.717) is 5.69 Å². The smallest absolute Gasteiger partial charge is 0.266 e. The zero-order valence-electron chi connectivity index (χ0n) is 10.8. The molecule has 0 saturated carbocycles. The van der Waals surface area contributed by atoms with E-state index in [1.165, 1.54) is 10.9 Å². The predicted octanol–water partition coefficient (Wildman–Crippen LogP) is 3.14. The Kier molecular flexibility index (Phi) is 3.25. The Morgan fingerprint density at radius 1 is 0.905 bits per heavy atom. The fourth-order valence-electron chi connectivity index (χ4n) is 1.94. The van der Waals surface area contributed by atoms with E-state index in [0.717, 1.165) is 11.8 Å². The Balaban J connectivity index is 1.77. The Morgan fingerprint density at radius 3 is 2.33 bits per heavy atom. The van der Waals surface area contributed by atoms with Crippen molar-refractivity contribution in [2.75, 3.05) is 0 Å². The van der Waals surface area contributed by atoms with E-state index in [1.54, 1.807) is 16.9 Å². The molecule has 0 aliphatic rings. The molecule has 0 radical (unpaired) electrons. The van der Waals surface area contributed by atoms with Crippen molar-refractivity contribution in [1.82, 2.24) is 19.6 Å². The van der Waals surface area contributed by atoms with Crippen molar-refractivity contribution in [3.05, 3.63) is 66.2 Å². The highest BCUT2D eigenvalue weighted by molar-refractivity contribution is 5.30. The van der Waals surface area contributed by atoms with Gasteiger partial charge in [-0.3, -0.25) is 4.68 Å². The SMILES string of the molecule is FC(F)(F)c1ccn(Cc2ccn(-c3ccccc3)n2)n1. The van der Waals surface area contributed by atoms with E-state index >= 15 is 0 Å². The van der Waals surface area contributed by atoms with Crippen molar-refractivity contribution in [2.45, 2.75) is 12.7 Å². The zero-order valence-corrected chi connectivity index (χ0v) is 10.8. The van der Waals surface area contributed by atoms with E-state index in [2.05, 4.69) is 10.2 Å². The fraction of sp³-hybridized carbons (Fsp3) is 0.143. The number of hydrogen-bond acceptors (Lipinski definition) is 2. The molecule has 2 aromatic heterocycles. The van der Waals surface area contributed by atoms with E-state index in [9.17, 15) is 13.2 Å². The van der Waals surface area contributed by atoms with Gasteiger partial charge in [0.05, 0.1) is 17.9 Å². The molecule has 0 saturated heterocycles. The molecule has 7 heteroatoms. The second-order valence-electron chi connectivity index (χ2n) is 4.48. The highest BCUT2D eigenvalue weighted by Crippen LogP contribution is 2.27. The molecule has 0 aliphatic carbocycles. The molecule has 3 aromatic rings. The molecule has 0 N–H and O–H groups in total. The number of hydrogen-bond donors (Lipinski definition) is 0. The largest absolute Gasteiger partial charge is 0.435 e. The summed E-state index contributed by atoms with van der Waals surface area (Å²) >= 11 is 0. The maximum absolute atomic E-state index is 12.5. The lowest BCUT2D eigenvalue weighted by Gasteiger charge is -2.02. The van der Waals surface area contributed by atoms with Crippen LogP contribution in [0.15, 0.2) is 54.9 Å². The van der Waals surface area contributed by atoms with Crippen LogP contribution in [0.5, 0.6) is 0 Å². The second kappa shape index (κ2) is 5.08. The highest BCUT2D eigenvalue weighted by Gasteiger charge is 2.33. The summed E-state index contributed by atoms with van der Waals surface area (Å²) in [7, 11) is 0. The lowest BCUT2D eigenvalue weighted by Crippen LogP contribution is -2.08. The number of aromatic nitrogens is 4. The van der Waals surface area contributed by atoms with Crippen LogP contribution in [0.1, 0.15) is 11.4 Å². The molecular weight excluding hydrogens is 281 g/mol. The van der Waals surface area contributed by atoms with Crippen LogP contribution < -0.4 is 0 Å². The van der Waals surface area contributed by atoms with Gasteiger partial charge in [-0.15, -0.1) is 0 Å². The van der Waals surface area contributed by atoms with Gasteiger partial charge in [-0.2, -0.15) is 23.4 Å². The Morgan fingerprint density at radius 2 is 1.67 bits per heavy atom. The predicted molar refractivity (Wildman–Crippen MR) is 69.9 cm³/mol. The van der Waals surface area contributed by atoms with Crippen LogP contribution >= 0.6 is 0 Å². The maximum Gasteiger partial charge on any atom is 0.435 e. The number of benzene rings is 1. The molecule has 0 unspecified atom stereocenters. The minimum Gasteiger partial charge on any atom is -0.266 e. The number of nitrogens with zero attached hydrogens (tertiary/aromatic N) is 4. The van der Waals surface area contributed by atoms with E-state index < -0.39 is 11.9 Å². The average Bonchev–Trinajstić information content (AvgIpc) is 3.09. The normalized spacial score (nSPS) is 11.8. The first-order chi connectivity index (χ1) is 10.0. The molecule has 1 aromatic carbocycles. The molecule has 0 fully saturated rings. The average molecular weight is 292 g/mol. The summed E-state index contributed by atoms with van der Waals surface area (Å²) in [6.07, 6.45) is -1.36. The lowest BCUT2D eigenvalue weighted by molar-refractivity contribution is -0.141. The van der Waals surface area contributed by atoms with Gasteiger partial charge in [0.1, 0.15) is 0 Å². The molecule has 21 heavy (non-hydrogen) atoms. The van der Waals surface area contributed by atoms with Crippen LogP contribution in [0.2, 0.25) is 0 Å². The topological polar surface area (TPSA) is 35.6 Å².